The second kappa shape index (κ2) is 6.96. The first-order valence-electron chi connectivity index (χ1n) is 6.19. The van der Waals surface area contributed by atoms with E-state index in [4.69, 9.17) is 0 Å². The fourth-order valence-electron chi connectivity index (χ4n) is 1.34. The van der Waals surface area contributed by atoms with Crippen LogP contribution in [0.3, 0.4) is 0 Å². The number of amides is 1. The molecule has 5 heteroatoms. The molecule has 0 fully saturated rings. The van der Waals surface area contributed by atoms with Crippen molar-refractivity contribution in [2.24, 2.45) is 0 Å². The first kappa shape index (κ1) is 14.4. The average molecular weight is 250 g/mol. The van der Waals surface area contributed by atoms with Crippen molar-refractivity contribution in [3.8, 4) is 0 Å². The summed E-state index contributed by atoms with van der Waals surface area (Å²) in [6, 6.07) is 3.90. The Morgan fingerprint density at radius 3 is 2.67 bits per heavy atom. The van der Waals surface area contributed by atoms with Crippen molar-refractivity contribution in [1.82, 2.24) is 15.2 Å². The van der Waals surface area contributed by atoms with Gasteiger partial charge in [0.05, 0.1) is 5.56 Å². The summed E-state index contributed by atoms with van der Waals surface area (Å²) in [6.07, 6.45) is 1.59. The predicted octanol–water partition coefficient (Wildman–Crippen LogP) is 1.19. The molecule has 100 valence electrons. The number of nitrogens with one attached hydrogen (secondary N) is 2. The van der Waals surface area contributed by atoms with E-state index in [9.17, 15) is 4.79 Å². The molecule has 1 atom stereocenters. The molecule has 0 aliphatic rings. The van der Waals surface area contributed by atoms with Gasteiger partial charge in [0, 0.05) is 25.3 Å². The van der Waals surface area contributed by atoms with Gasteiger partial charge in [-0.25, -0.2) is 4.98 Å². The summed E-state index contributed by atoms with van der Waals surface area (Å²) in [5.74, 6) is 0.704. The minimum Gasteiger partial charge on any atom is -0.370 e. The molecule has 18 heavy (non-hydrogen) atoms. The van der Waals surface area contributed by atoms with E-state index in [0.717, 1.165) is 12.4 Å². The van der Waals surface area contributed by atoms with E-state index in [0.29, 0.717) is 18.2 Å². The summed E-state index contributed by atoms with van der Waals surface area (Å²) in [7, 11) is 3.98. The maximum atomic E-state index is 11.9. The molecule has 1 amide bonds. The largest absolute Gasteiger partial charge is 0.370 e. The van der Waals surface area contributed by atoms with Crippen LogP contribution in [0.25, 0.3) is 0 Å². The summed E-state index contributed by atoms with van der Waals surface area (Å²) in [5, 5.41) is 5.98. The monoisotopic (exact) mass is 250 g/mol. The summed E-state index contributed by atoms with van der Waals surface area (Å²) >= 11 is 0. The summed E-state index contributed by atoms with van der Waals surface area (Å²) in [5.41, 5.74) is 0.586. The Labute approximate surface area is 109 Å². The molecule has 1 aromatic heterocycles. The molecule has 0 spiro atoms. The molecule has 1 rings (SSSR count). The van der Waals surface area contributed by atoms with Crippen LogP contribution < -0.4 is 10.6 Å². The van der Waals surface area contributed by atoms with Crippen molar-refractivity contribution in [2.45, 2.75) is 19.9 Å². The maximum absolute atomic E-state index is 11.9. The second-order valence-electron chi connectivity index (χ2n) is 4.49. The number of nitrogens with zero attached hydrogens (tertiary/aromatic N) is 2. The maximum Gasteiger partial charge on any atom is 0.252 e. The molecule has 0 aromatic carbocycles. The fraction of sp³-hybridized carbons (Fsp3) is 0.538. The van der Waals surface area contributed by atoms with Gasteiger partial charge < -0.3 is 15.5 Å². The Hall–Kier alpha value is -1.62. The van der Waals surface area contributed by atoms with E-state index < -0.39 is 0 Å². The third-order valence-electron chi connectivity index (χ3n) is 2.82. The van der Waals surface area contributed by atoms with E-state index in [1.807, 2.05) is 27.1 Å². The van der Waals surface area contributed by atoms with E-state index in [1.165, 1.54) is 0 Å². The van der Waals surface area contributed by atoms with Crippen LogP contribution in [0.4, 0.5) is 5.82 Å². The number of aromatic nitrogens is 1. The highest BCUT2D eigenvalue weighted by Gasteiger charge is 2.09. The van der Waals surface area contributed by atoms with Crippen LogP contribution in [0, 0.1) is 0 Å². The van der Waals surface area contributed by atoms with Crippen LogP contribution in [0.5, 0.6) is 0 Å². The van der Waals surface area contributed by atoms with Crippen LogP contribution in [-0.2, 0) is 0 Å². The second-order valence-corrected chi connectivity index (χ2v) is 4.49. The molecule has 0 saturated carbocycles. The topological polar surface area (TPSA) is 57.3 Å². The van der Waals surface area contributed by atoms with Crippen molar-refractivity contribution < 1.29 is 4.79 Å². The van der Waals surface area contributed by atoms with Crippen molar-refractivity contribution in [2.75, 3.05) is 32.5 Å². The number of hydrogen-bond donors (Lipinski definition) is 2. The molecule has 5 nitrogen and oxygen atoms in total. The normalized spacial score (nSPS) is 12.3. The minimum atomic E-state index is -0.0840. The third kappa shape index (κ3) is 4.33. The lowest BCUT2D eigenvalue weighted by Crippen LogP contribution is -2.38. The number of carbonyl (C=O) groups is 1. The highest BCUT2D eigenvalue weighted by molar-refractivity contribution is 5.94. The van der Waals surface area contributed by atoms with Crippen LogP contribution in [0.15, 0.2) is 18.3 Å². The molecular weight excluding hydrogens is 228 g/mol. The lowest BCUT2D eigenvalue weighted by atomic mass is 10.2. The van der Waals surface area contributed by atoms with Gasteiger partial charge in [0.2, 0.25) is 0 Å². The molecule has 2 N–H and O–H groups in total. The molecule has 1 aromatic rings. The van der Waals surface area contributed by atoms with E-state index in [1.54, 1.807) is 12.3 Å². The highest BCUT2D eigenvalue weighted by atomic mass is 16.1. The number of rotatable bonds is 6. The van der Waals surface area contributed by atoms with Crippen LogP contribution in [-0.4, -0.2) is 49.0 Å². The van der Waals surface area contributed by atoms with Gasteiger partial charge in [-0.3, -0.25) is 4.79 Å². The zero-order valence-electron chi connectivity index (χ0n) is 11.5. The smallest absolute Gasteiger partial charge is 0.252 e. The summed E-state index contributed by atoms with van der Waals surface area (Å²) < 4.78 is 0. The zero-order valence-corrected chi connectivity index (χ0v) is 11.5. The Morgan fingerprint density at radius 2 is 2.17 bits per heavy atom. The van der Waals surface area contributed by atoms with Crippen molar-refractivity contribution >= 4 is 11.7 Å². The van der Waals surface area contributed by atoms with Crippen molar-refractivity contribution in [1.29, 1.82) is 0 Å². The SMILES string of the molecule is CCNc1ccc(C(=O)NCC(C)N(C)C)cn1. The Bertz CT molecular complexity index is 375. The Kier molecular flexibility index (Phi) is 5.58. The third-order valence-corrected chi connectivity index (χ3v) is 2.82. The predicted molar refractivity (Wildman–Crippen MR) is 73.9 cm³/mol. The van der Waals surface area contributed by atoms with Gasteiger partial charge >= 0.3 is 0 Å². The number of hydrogen-bond acceptors (Lipinski definition) is 4. The van der Waals surface area contributed by atoms with E-state index >= 15 is 0 Å². The van der Waals surface area contributed by atoms with Crippen LogP contribution >= 0.6 is 0 Å². The van der Waals surface area contributed by atoms with Gasteiger partial charge in [0.25, 0.3) is 5.91 Å². The van der Waals surface area contributed by atoms with Crippen molar-refractivity contribution in [3.63, 3.8) is 0 Å². The standard InChI is InChI=1S/C13H22N4O/c1-5-14-12-7-6-11(9-15-12)13(18)16-8-10(2)17(3)4/h6-7,9-10H,5,8H2,1-4H3,(H,14,15)(H,16,18). The molecule has 1 heterocycles. The number of likely N-dealkylation sites (N-methyl/N-ethyl adjacent to an activating group) is 1. The van der Waals surface area contributed by atoms with Crippen LogP contribution in [0.2, 0.25) is 0 Å². The molecule has 0 bridgehead atoms. The number of pyridine rings is 1. The highest BCUT2D eigenvalue weighted by Crippen LogP contribution is 2.04. The van der Waals surface area contributed by atoms with Gasteiger partial charge in [-0.15, -0.1) is 0 Å². The molecular formula is C13H22N4O. The summed E-state index contributed by atoms with van der Waals surface area (Å²) in [4.78, 5) is 18.1. The molecule has 0 radical (unpaired) electrons. The lowest BCUT2D eigenvalue weighted by Gasteiger charge is -2.19. The number of carbonyl (C=O) groups excluding carboxylic acids is 1. The first-order chi connectivity index (χ1) is 8.54. The quantitative estimate of drug-likeness (QED) is 0.796. The van der Waals surface area contributed by atoms with Crippen LogP contribution in [0.1, 0.15) is 24.2 Å². The zero-order chi connectivity index (χ0) is 13.5. The molecule has 1 unspecified atom stereocenters. The van der Waals surface area contributed by atoms with E-state index in [-0.39, 0.29) is 5.91 Å². The molecule has 0 aliphatic carbocycles. The minimum absolute atomic E-state index is 0.0840. The summed E-state index contributed by atoms with van der Waals surface area (Å²) in [6.45, 7) is 5.51. The fourth-order valence-corrected chi connectivity index (χ4v) is 1.34. The lowest BCUT2D eigenvalue weighted by molar-refractivity contribution is 0.0943. The first-order valence-corrected chi connectivity index (χ1v) is 6.19. The van der Waals surface area contributed by atoms with E-state index in [2.05, 4.69) is 27.4 Å². The number of anilines is 1. The Balaban J connectivity index is 2.51. The van der Waals surface area contributed by atoms with Gasteiger partial charge in [0.1, 0.15) is 5.82 Å². The van der Waals surface area contributed by atoms with Gasteiger partial charge in [-0.2, -0.15) is 0 Å². The Morgan fingerprint density at radius 1 is 1.44 bits per heavy atom. The average Bonchev–Trinajstić information content (AvgIpc) is 2.36. The van der Waals surface area contributed by atoms with Gasteiger partial charge in [0.15, 0.2) is 0 Å². The molecule has 0 saturated heterocycles. The molecule has 0 aliphatic heterocycles. The van der Waals surface area contributed by atoms with Gasteiger partial charge in [-0.05, 0) is 40.1 Å². The van der Waals surface area contributed by atoms with Crippen molar-refractivity contribution in [3.05, 3.63) is 23.9 Å². The van der Waals surface area contributed by atoms with Gasteiger partial charge in [-0.1, -0.05) is 0 Å².